The summed E-state index contributed by atoms with van der Waals surface area (Å²) in [7, 11) is 0. The minimum atomic E-state index is 0.569. The molecule has 2 aromatic heterocycles. The minimum Gasteiger partial charge on any atom is -0.457 e. The largest absolute Gasteiger partial charge is 0.457 e. The summed E-state index contributed by atoms with van der Waals surface area (Å²) in [5.41, 5.74) is 3.80. The molecule has 0 atom stereocenters. The standard InChI is InChI=1S/C21H16Cl2N2O/c22-15-6-8-17(18(23)13-15)20-9-7-16(26-20)12-14-4-3-11-25-21(14)19-5-1-2-10-24-19/h1-2,5-10,12-13H,3-4,11H2. The van der Waals surface area contributed by atoms with E-state index in [9.17, 15) is 0 Å². The van der Waals surface area contributed by atoms with Gasteiger partial charge in [-0.1, -0.05) is 29.3 Å². The maximum Gasteiger partial charge on any atom is 0.136 e. The van der Waals surface area contributed by atoms with Crippen LogP contribution >= 0.6 is 23.2 Å². The lowest BCUT2D eigenvalue weighted by molar-refractivity contribution is 0.571. The Morgan fingerprint density at radius 2 is 1.96 bits per heavy atom. The first-order chi connectivity index (χ1) is 12.7. The molecule has 1 aliphatic rings. The second-order valence-electron chi connectivity index (χ2n) is 6.04. The highest BCUT2D eigenvalue weighted by Crippen LogP contribution is 2.32. The average Bonchev–Trinajstić information content (AvgIpc) is 3.11. The van der Waals surface area contributed by atoms with Crippen LogP contribution in [0.4, 0.5) is 0 Å². The van der Waals surface area contributed by atoms with Gasteiger partial charge in [-0.2, -0.15) is 0 Å². The van der Waals surface area contributed by atoms with E-state index in [2.05, 4.69) is 9.98 Å². The van der Waals surface area contributed by atoms with Crippen molar-refractivity contribution >= 4 is 35.0 Å². The molecule has 1 aliphatic heterocycles. The lowest BCUT2D eigenvalue weighted by Crippen LogP contribution is -2.12. The van der Waals surface area contributed by atoms with Gasteiger partial charge in [0.2, 0.25) is 0 Å². The maximum atomic E-state index is 6.28. The van der Waals surface area contributed by atoms with E-state index >= 15 is 0 Å². The molecule has 3 heterocycles. The van der Waals surface area contributed by atoms with Crippen molar-refractivity contribution in [1.29, 1.82) is 0 Å². The predicted molar refractivity (Wildman–Crippen MR) is 107 cm³/mol. The number of benzene rings is 1. The van der Waals surface area contributed by atoms with Gasteiger partial charge in [0, 0.05) is 23.3 Å². The Bertz CT molecular complexity index is 990. The molecule has 3 nitrogen and oxygen atoms in total. The molecule has 0 saturated carbocycles. The van der Waals surface area contributed by atoms with Crippen LogP contribution in [0.25, 0.3) is 17.4 Å². The van der Waals surface area contributed by atoms with Crippen LogP contribution in [0.3, 0.4) is 0 Å². The Hall–Kier alpha value is -2.36. The van der Waals surface area contributed by atoms with E-state index in [1.807, 2.05) is 42.5 Å². The Balaban J connectivity index is 1.67. The number of hydrogen-bond acceptors (Lipinski definition) is 3. The van der Waals surface area contributed by atoms with E-state index in [0.29, 0.717) is 15.8 Å². The van der Waals surface area contributed by atoms with Gasteiger partial charge in [0.25, 0.3) is 0 Å². The molecule has 0 unspecified atom stereocenters. The van der Waals surface area contributed by atoms with Gasteiger partial charge >= 0.3 is 0 Å². The summed E-state index contributed by atoms with van der Waals surface area (Å²) in [5.74, 6) is 1.48. The minimum absolute atomic E-state index is 0.569. The first-order valence-electron chi connectivity index (χ1n) is 8.43. The van der Waals surface area contributed by atoms with Crippen molar-refractivity contribution in [2.45, 2.75) is 12.8 Å². The van der Waals surface area contributed by atoms with E-state index in [-0.39, 0.29) is 0 Å². The number of hydrogen-bond donors (Lipinski definition) is 0. The molecule has 0 bridgehead atoms. The van der Waals surface area contributed by atoms with Gasteiger partial charge in [0.1, 0.15) is 11.5 Å². The molecular weight excluding hydrogens is 367 g/mol. The maximum absolute atomic E-state index is 6.28. The molecule has 0 aliphatic carbocycles. The zero-order valence-corrected chi connectivity index (χ0v) is 15.5. The van der Waals surface area contributed by atoms with Crippen LogP contribution < -0.4 is 0 Å². The second kappa shape index (κ2) is 7.48. The van der Waals surface area contributed by atoms with Crippen LogP contribution in [-0.4, -0.2) is 17.2 Å². The van der Waals surface area contributed by atoms with E-state index < -0.39 is 0 Å². The Morgan fingerprint density at radius 3 is 2.77 bits per heavy atom. The van der Waals surface area contributed by atoms with Gasteiger partial charge in [-0.25, -0.2) is 0 Å². The number of rotatable bonds is 3. The number of pyridine rings is 1. The van der Waals surface area contributed by atoms with E-state index in [0.717, 1.165) is 47.7 Å². The zero-order valence-electron chi connectivity index (χ0n) is 14.0. The lowest BCUT2D eigenvalue weighted by Gasteiger charge is -2.15. The fourth-order valence-corrected chi connectivity index (χ4v) is 3.51. The smallest absolute Gasteiger partial charge is 0.136 e. The lowest BCUT2D eigenvalue weighted by atomic mass is 9.98. The van der Waals surface area contributed by atoms with Crippen LogP contribution in [0.5, 0.6) is 0 Å². The van der Waals surface area contributed by atoms with Gasteiger partial charge < -0.3 is 4.42 Å². The predicted octanol–water partition coefficient (Wildman–Crippen LogP) is 6.31. The van der Waals surface area contributed by atoms with Crippen molar-refractivity contribution < 1.29 is 4.42 Å². The Kier molecular flexibility index (Phi) is 4.91. The van der Waals surface area contributed by atoms with Crippen molar-refractivity contribution in [3.8, 4) is 11.3 Å². The molecule has 130 valence electrons. The molecule has 5 heteroatoms. The number of nitrogens with zero attached hydrogens (tertiary/aromatic N) is 2. The summed E-state index contributed by atoms with van der Waals surface area (Å²) in [6.45, 7) is 0.826. The number of aromatic nitrogens is 1. The van der Waals surface area contributed by atoms with Gasteiger partial charge in [-0.3, -0.25) is 9.98 Å². The third-order valence-electron chi connectivity index (χ3n) is 4.23. The summed E-state index contributed by atoms with van der Waals surface area (Å²) in [5, 5.41) is 1.17. The number of halogens is 2. The van der Waals surface area contributed by atoms with E-state index in [4.69, 9.17) is 27.6 Å². The highest BCUT2D eigenvalue weighted by atomic mass is 35.5. The molecule has 1 aromatic carbocycles. The summed E-state index contributed by atoms with van der Waals surface area (Å²) < 4.78 is 6.00. The fraction of sp³-hybridized carbons (Fsp3) is 0.143. The summed E-state index contributed by atoms with van der Waals surface area (Å²) in [6.07, 6.45) is 5.81. The van der Waals surface area contributed by atoms with Gasteiger partial charge in [-0.05, 0) is 67.0 Å². The topological polar surface area (TPSA) is 38.4 Å². The van der Waals surface area contributed by atoms with Crippen molar-refractivity contribution in [1.82, 2.24) is 4.98 Å². The van der Waals surface area contributed by atoms with Crippen molar-refractivity contribution in [2.24, 2.45) is 4.99 Å². The monoisotopic (exact) mass is 382 g/mol. The van der Waals surface area contributed by atoms with Crippen LogP contribution in [0.1, 0.15) is 24.3 Å². The molecule has 0 amide bonds. The van der Waals surface area contributed by atoms with Crippen molar-refractivity contribution in [3.63, 3.8) is 0 Å². The molecule has 0 saturated heterocycles. The second-order valence-corrected chi connectivity index (χ2v) is 6.89. The molecule has 0 fully saturated rings. The van der Waals surface area contributed by atoms with Crippen molar-refractivity contribution in [3.05, 3.63) is 81.8 Å². The zero-order chi connectivity index (χ0) is 17.9. The summed E-state index contributed by atoms with van der Waals surface area (Å²) in [6, 6.07) is 15.1. The van der Waals surface area contributed by atoms with Crippen LogP contribution in [0, 0.1) is 0 Å². The molecule has 3 aromatic rings. The molecular formula is C21H16Cl2N2O. The number of aliphatic imine (C=N–C) groups is 1. The first kappa shape index (κ1) is 17.1. The van der Waals surface area contributed by atoms with Gasteiger partial charge in [0.15, 0.2) is 0 Å². The summed E-state index contributed by atoms with van der Waals surface area (Å²) in [4.78, 5) is 9.11. The molecule has 0 radical (unpaired) electrons. The molecule has 26 heavy (non-hydrogen) atoms. The number of furan rings is 1. The molecule has 0 N–H and O–H groups in total. The highest BCUT2D eigenvalue weighted by Gasteiger charge is 2.16. The number of allylic oxidation sites excluding steroid dienone is 1. The van der Waals surface area contributed by atoms with Crippen molar-refractivity contribution in [2.75, 3.05) is 6.54 Å². The first-order valence-corrected chi connectivity index (χ1v) is 9.18. The SMILES string of the molecule is Clc1ccc(-c2ccc(C=C3CCCN=C3c3ccccn3)o2)c(Cl)c1. The van der Waals surface area contributed by atoms with Crippen LogP contribution in [0.15, 0.2) is 69.7 Å². The van der Waals surface area contributed by atoms with Gasteiger partial charge in [0.05, 0.1) is 16.4 Å². The van der Waals surface area contributed by atoms with Crippen LogP contribution in [0.2, 0.25) is 10.0 Å². The van der Waals surface area contributed by atoms with Gasteiger partial charge in [-0.15, -0.1) is 0 Å². The average molecular weight is 383 g/mol. The van der Waals surface area contributed by atoms with E-state index in [1.165, 1.54) is 0 Å². The fourth-order valence-electron chi connectivity index (χ4n) is 3.01. The van der Waals surface area contributed by atoms with Crippen LogP contribution in [-0.2, 0) is 0 Å². The quantitative estimate of drug-likeness (QED) is 0.531. The summed E-state index contributed by atoms with van der Waals surface area (Å²) >= 11 is 12.3. The Labute approximate surface area is 162 Å². The van der Waals surface area contributed by atoms with E-state index in [1.54, 1.807) is 18.3 Å². The molecule has 0 spiro atoms. The Morgan fingerprint density at radius 1 is 1.04 bits per heavy atom. The third-order valence-corrected chi connectivity index (χ3v) is 4.77. The normalized spacial score (nSPS) is 15.9. The highest BCUT2D eigenvalue weighted by molar-refractivity contribution is 6.36. The third kappa shape index (κ3) is 3.59. The molecule has 4 rings (SSSR count).